The summed E-state index contributed by atoms with van der Waals surface area (Å²) in [5.41, 5.74) is 8.74. The van der Waals surface area contributed by atoms with Crippen molar-refractivity contribution in [3.8, 4) is 0 Å². The van der Waals surface area contributed by atoms with Crippen molar-refractivity contribution in [2.75, 3.05) is 26.2 Å². The Kier molecular flexibility index (Phi) is 3.88. The lowest BCUT2D eigenvalue weighted by molar-refractivity contribution is 0.0943. The molecular formula is C14H23N3O. The van der Waals surface area contributed by atoms with Crippen molar-refractivity contribution >= 4 is 5.78 Å². The second kappa shape index (κ2) is 5.24. The number of hydrogen-bond acceptors (Lipinski definition) is 3. The number of aromatic nitrogens is 1. The average molecular weight is 249 g/mol. The Hall–Kier alpha value is -1.13. The van der Waals surface area contributed by atoms with Gasteiger partial charge in [-0.1, -0.05) is 0 Å². The zero-order valence-electron chi connectivity index (χ0n) is 11.6. The summed E-state index contributed by atoms with van der Waals surface area (Å²) in [5, 5.41) is 0. The van der Waals surface area contributed by atoms with E-state index in [0.29, 0.717) is 12.5 Å². The molecular weight excluding hydrogens is 226 g/mol. The number of Topliss-reactive ketones (excluding diaryl/α,β-unsaturated/α-hetero) is 1. The Morgan fingerprint density at radius 1 is 1.50 bits per heavy atom. The fraction of sp³-hybridized carbons (Fsp3) is 0.643. The van der Waals surface area contributed by atoms with Crippen LogP contribution >= 0.6 is 0 Å². The predicted molar refractivity (Wildman–Crippen MR) is 72.8 cm³/mol. The molecule has 1 unspecified atom stereocenters. The molecule has 1 aliphatic rings. The van der Waals surface area contributed by atoms with Crippen molar-refractivity contribution in [2.45, 2.75) is 20.3 Å². The summed E-state index contributed by atoms with van der Waals surface area (Å²) in [5.74, 6) is 0.797. The molecule has 100 valence electrons. The number of ketones is 1. The molecule has 1 atom stereocenters. The SMILES string of the molecule is Cc1cc(C(=O)CN2CCC(CN)C2)c(C)n1C. The second-order valence-corrected chi connectivity index (χ2v) is 5.39. The molecule has 2 rings (SSSR count). The summed E-state index contributed by atoms with van der Waals surface area (Å²) >= 11 is 0. The van der Waals surface area contributed by atoms with Crippen molar-refractivity contribution in [1.29, 1.82) is 0 Å². The van der Waals surface area contributed by atoms with Gasteiger partial charge in [0.2, 0.25) is 0 Å². The summed E-state index contributed by atoms with van der Waals surface area (Å²) in [4.78, 5) is 14.5. The van der Waals surface area contributed by atoms with E-state index in [1.807, 2.05) is 27.0 Å². The number of aryl methyl sites for hydroxylation is 1. The van der Waals surface area contributed by atoms with E-state index in [-0.39, 0.29) is 5.78 Å². The molecule has 0 bridgehead atoms. The first kappa shape index (κ1) is 13.3. The van der Waals surface area contributed by atoms with Crippen molar-refractivity contribution in [1.82, 2.24) is 9.47 Å². The van der Waals surface area contributed by atoms with E-state index in [9.17, 15) is 4.79 Å². The summed E-state index contributed by atoms with van der Waals surface area (Å²) in [6.07, 6.45) is 1.12. The Morgan fingerprint density at radius 2 is 2.22 bits per heavy atom. The molecule has 1 aromatic rings. The zero-order chi connectivity index (χ0) is 13.3. The van der Waals surface area contributed by atoms with E-state index in [4.69, 9.17) is 5.73 Å². The molecule has 0 saturated carbocycles. The third-order valence-corrected chi connectivity index (χ3v) is 4.15. The topological polar surface area (TPSA) is 51.3 Å². The second-order valence-electron chi connectivity index (χ2n) is 5.39. The molecule has 0 amide bonds. The first-order valence-corrected chi connectivity index (χ1v) is 6.61. The lowest BCUT2D eigenvalue weighted by Crippen LogP contribution is -2.29. The molecule has 0 aromatic carbocycles. The number of carbonyl (C=O) groups excluding carboxylic acids is 1. The Morgan fingerprint density at radius 3 is 2.72 bits per heavy atom. The summed E-state index contributed by atoms with van der Waals surface area (Å²) < 4.78 is 2.07. The maximum Gasteiger partial charge on any atom is 0.178 e. The minimum absolute atomic E-state index is 0.230. The number of nitrogens with two attached hydrogens (primary N) is 1. The summed E-state index contributed by atoms with van der Waals surface area (Å²) in [7, 11) is 2.00. The standard InChI is InChI=1S/C14H23N3O/c1-10-6-13(11(2)16(10)3)14(18)9-17-5-4-12(7-15)8-17/h6,12H,4-5,7-9,15H2,1-3H3. The highest BCUT2D eigenvalue weighted by Gasteiger charge is 2.24. The molecule has 1 fully saturated rings. The highest BCUT2D eigenvalue weighted by molar-refractivity contribution is 5.99. The predicted octanol–water partition coefficient (Wildman–Crippen LogP) is 1.11. The molecule has 18 heavy (non-hydrogen) atoms. The van der Waals surface area contributed by atoms with Crippen molar-refractivity contribution in [2.24, 2.45) is 18.7 Å². The van der Waals surface area contributed by atoms with Gasteiger partial charge in [-0.2, -0.15) is 0 Å². The number of hydrogen-bond donors (Lipinski definition) is 1. The lowest BCUT2D eigenvalue weighted by atomic mass is 10.1. The first-order valence-electron chi connectivity index (χ1n) is 6.61. The van der Waals surface area contributed by atoms with Crippen LogP contribution in [0.5, 0.6) is 0 Å². The highest BCUT2D eigenvalue weighted by Crippen LogP contribution is 2.18. The van der Waals surface area contributed by atoms with E-state index >= 15 is 0 Å². The van der Waals surface area contributed by atoms with Gasteiger partial charge in [0, 0.05) is 30.5 Å². The normalized spacial score (nSPS) is 20.6. The fourth-order valence-corrected chi connectivity index (χ4v) is 2.67. The van der Waals surface area contributed by atoms with Gasteiger partial charge in [-0.3, -0.25) is 9.69 Å². The Bertz CT molecular complexity index is 450. The van der Waals surface area contributed by atoms with Gasteiger partial charge in [-0.15, -0.1) is 0 Å². The monoisotopic (exact) mass is 249 g/mol. The molecule has 4 nitrogen and oxygen atoms in total. The molecule has 2 heterocycles. The number of rotatable bonds is 4. The minimum Gasteiger partial charge on any atom is -0.351 e. The van der Waals surface area contributed by atoms with Crippen LogP contribution in [0.3, 0.4) is 0 Å². The molecule has 0 aliphatic carbocycles. The van der Waals surface area contributed by atoms with E-state index in [1.54, 1.807) is 0 Å². The van der Waals surface area contributed by atoms with Crippen LogP contribution in [0.2, 0.25) is 0 Å². The third kappa shape index (κ3) is 2.49. The molecule has 0 spiro atoms. The van der Waals surface area contributed by atoms with Crippen LogP contribution in [-0.4, -0.2) is 41.4 Å². The maximum absolute atomic E-state index is 12.3. The smallest absolute Gasteiger partial charge is 0.178 e. The van der Waals surface area contributed by atoms with Crippen LogP contribution in [0, 0.1) is 19.8 Å². The van der Waals surface area contributed by atoms with E-state index in [1.165, 1.54) is 0 Å². The summed E-state index contributed by atoms with van der Waals surface area (Å²) in [6, 6.07) is 1.99. The van der Waals surface area contributed by atoms with Crippen LogP contribution < -0.4 is 5.73 Å². The summed E-state index contributed by atoms with van der Waals surface area (Å²) in [6.45, 7) is 7.26. The van der Waals surface area contributed by atoms with Crippen molar-refractivity contribution in [3.63, 3.8) is 0 Å². The zero-order valence-corrected chi connectivity index (χ0v) is 11.6. The van der Waals surface area contributed by atoms with Crippen molar-refractivity contribution < 1.29 is 4.79 Å². The van der Waals surface area contributed by atoms with Crippen LogP contribution in [0.4, 0.5) is 0 Å². The maximum atomic E-state index is 12.3. The molecule has 2 N–H and O–H groups in total. The largest absolute Gasteiger partial charge is 0.351 e. The van der Waals surface area contributed by atoms with Crippen molar-refractivity contribution in [3.05, 3.63) is 23.0 Å². The Balaban J connectivity index is 2.02. The van der Waals surface area contributed by atoms with E-state index in [0.717, 1.165) is 43.0 Å². The van der Waals surface area contributed by atoms with Crippen LogP contribution in [0.25, 0.3) is 0 Å². The average Bonchev–Trinajstić information content (AvgIpc) is 2.89. The van der Waals surface area contributed by atoms with Gasteiger partial charge < -0.3 is 10.3 Å². The van der Waals surface area contributed by atoms with Gasteiger partial charge in [0.05, 0.1) is 6.54 Å². The minimum atomic E-state index is 0.230. The highest BCUT2D eigenvalue weighted by atomic mass is 16.1. The lowest BCUT2D eigenvalue weighted by Gasteiger charge is -2.14. The number of carbonyl (C=O) groups is 1. The van der Waals surface area contributed by atoms with Gasteiger partial charge >= 0.3 is 0 Å². The van der Waals surface area contributed by atoms with Gasteiger partial charge in [0.1, 0.15) is 0 Å². The molecule has 1 aromatic heterocycles. The van der Waals surface area contributed by atoms with Gasteiger partial charge in [0.15, 0.2) is 5.78 Å². The molecule has 4 heteroatoms. The van der Waals surface area contributed by atoms with Crippen LogP contribution in [0.15, 0.2) is 6.07 Å². The molecule has 1 saturated heterocycles. The van der Waals surface area contributed by atoms with E-state index < -0.39 is 0 Å². The molecule has 1 aliphatic heterocycles. The number of likely N-dealkylation sites (tertiary alicyclic amines) is 1. The van der Waals surface area contributed by atoms with Gasteiger partial charge in [-0.25, -0.2) is 0 Å². The fourth-order valence-electron chi connectivity index (χ4n) is 2.67. The quantitative estimate of drug-likeness (QED) is 0.813. The number of nitrogens with zero attached hydrogens (tertiary/aromatic N) is 2. The van der Waals surface area contributed by atoms with Crippen LogP contribution in [0.1, 0.15) is 28.2 Å². The van der Waals surface area contributed by atoms with Gasteiger partial charge in [0.25, 0.3) is 0 Å². The van der Waals surface area contributed by atoms with Gasteiger partial charge in [-0.05, 0) is 45.3 Å². The van der Waals surface area contributed by atoms with Crippen LogP contribution in [-0.2, 0) is 7.05 Å². The Labute approximate surface area is 109 Å². The molecule has 0 radical (unpaired) electrons. The third-order valence-electron chi connectivity index (χ3n) is 4.15. The first-order chi connectivity index (χ1) is 8.52. The van der Waals surface area contributed by atoms with E-state index in [2.05, 4.69) is 9.47 Å².